The van der Waals surface area contributed by atoms with Gasteiger partial charge in [-0.2, -0.15) is 0 Å². The zero-order valence-electron chi connectivity index (χ0n) is 18.1. The van der Waals surface area contributed by atoms with Crippen molar-refractivity contribution >= 4 is 23.6 Å². The Labute approximate surface area is 184 Å². The van der Waals surface area contributed by atoms with Crippen molar-refractivity contribution in [1.29, 1.82) is 0 Å². The lowest BCUT2D eigenvalue weighted by molar-refractivity contribution is 0.0528. The van der Waals surface area contributed by atoms with Crippen LogP contribution in [-0.4, -0.2) is 51.1 Å². The monoisotopic (exact) mass is 432 g/mol. The average Bonchev–Trinajstić information content (AvgIpc) is 3.35. The van der Waals surface area contributed by atoms with Gasteiger partial charge < -0.3 is 9.64 Å². The Kier molecular flexibility index (Phi) is 4.73. The fraction of sp³-hybridized carbons (Fsp3) is 0.333. The molecule has 1 aromatic carbocycles. The van der Waals surface area contributed by atoms with E-state index in [2.05, 4.69) is 41.3 Å². The molecular formula is C24H24N4O4. The molecule has 32 heavy (non-hydrogen) atoms. The van der Waals surface area contributed by atoms with Crippen LogP contribution in [0.15, 0.2) is 47.0 Å². The molecule has 1 amide bonds. The molecule has 0 radical (unpaired) electrons. The molecule has 5 rings (SSSR count). The number of nitrogens with one attached hydrogen (secondary N) is 1. The number of ether oxygens (including phenoxy) is 1. The van der Waals surface area contributed by atoms with Crippen molar-refractivity contribution in [2.75, 3.05) is 19.7 Å². The number of amides is 1. The Bertz CT molecular complexity index is 1330. The van der Waals surface area contributed by atoms with Crippen LogP contribution >= 0.6 is 0 Å². The zero-order chi connectivity index (χ0) is 22.5. The van der Waals surface area contributed by atoms with Gasteiger partial charge in [0.15, 0.2) is 5.65 Å². The van der Waals surface area contributed by atoms with Crippen LogP contribution in [0.5, 0.6) is 0 Å². The summed E-state index contributed by atoms with van der Waals surface area (Å²) in [6.07, 6.45) is 6.49. The van der Waals surface area contributed by atoms with Crippen molar-refractivity contribution < 1.29 is 14.3 Å². The highest BCUT2D eigenvalue weighted by atomic mass is 16.5. The number of aromatic amines is 1. The van der Waals surface area contributed by atoms with Crippen LogP contribution in [0.25, 0.3) is 11.7 Å². The number of nitrogens with zero attached hydrogens (tertiary/aromatic N) is 3. The molecule has 3 aromatic rings. The van der Waals surface area contributed by atoms with E-state index in [1.807, 2.05) is 6.07 Å². The molecule has 164 valence electrons. The third-order valence-electron chi connectivity index (χ3n) is 6.77. The molecule has 1 fully saturated rings. The van der Waals surface area contributed by atoms with Crippen LogP contribution < -0.4 is 5.56 Å². The van der Waals surface area contributed by atoms with Gasteiger partial charge in [-0.05, 0) is 37.8 Å². The van der Waals surface area contributed by atoms with E-state index in [0.717, 1.165) is 17.4 Å². The molecule has 3 heterocycles. The van der Waals surface area contributed by atoms with Gasteiger partial charge in [0, 0.05) is 30.9 Å². The number of carbonyl (C=O) groups excluding carboxylic acids is 2. The lowest BCUT2D eigenvalue weighted by atomic mass is 9.70. The number of rotatable bonds is 3. The van der Waals surface area contributed by atoms with Crippen molar-refractivity contribution in [2.24, 2.45) is 0 Å². The summed E-state index contributed by atoms with van der Waals surface area (Å²) in [5.41, 5.74) is 3.61. The summed E-state index contributed by atoms with van der Waals surface area (Å²) in [5, 5.41) is 2.71. The molecule has 0 unspecified atom stereocenters. The summed E-state index contributed by atoms with van der Waals surface area (Å²) < 4.78 is 6.11. The third kappa shape index (κ3) is 2.90. The summed E-state index contributed by atoms with van der Waals surface area (Å²) in [7, 11) is 0. The summed E-state index contributed by atoms with van der Waals surface area (Å²) in [5.74, 6) is -0.911. The summed E-state index contributed by atoms with van der Waals surface area (Å²) >= 11 is 0. The maximum absolute atomic E-state index is 13.2. The van der Waals surface area contributed by atoms with E-state index in [0.29, 0.717) is 13.1 Å². The predicted molar refractivity (Wildman–Crippen MR) is 119 cm³/mol. The van der Waals surface area contributed by atoms with Crippen LogP contribution in [0, 0.1) is 0 Å². The Morgan fingerprint density at radius 2 is 1.94 bits per heavy atom. The Balaban J connectivity index is 1.39. The molecule has 1 spiro atoms. The minimum Gasteiger partial charge on any atom is -0.462 e. The Morgan fingerprint density at radius 1 is 1.19 bits per heavy atom. The van der Waals surface area contributed by atoms with Crippen LogP contribution in [0.4, 0.5) is 0 Å². The van der Waals surface area contributed by atoms with Crippen molar-refractivity contribution in [3.8, 4) is 0 Å². The summed E-state index contributed by atoms with van der Waals surface area (Å²) in [6, 6.07) is 8.42. The number of allylic oxidation sites excluding steroid dienone is 1. The number of H-pyrrole nitrogens is 1. The molecule has 2 aromatic heterocycles. The SMILES string of the molecule is CCOC(=O)c1c[nH]n2c(=O)c(C(=O)N3CCC4(CC3)C(C)=Cc3ccccc34)cnc12. The van der Waals surface area contributed by atoms with E-state index in [4.69, 9.17) is 4.74 Å². The van der Waals surface area contributed by atoms with Gasteiger partial charge in [-0.15, -0.1) is 0 Å². The predicted octanol–water partition coefficient (Wildman–Crippen LogP) is 2.79. The minimum atomic E-state index is -0.571. The molecule has 0 bridgehead atoms. The van der Waals surface area contributed by atoms with Crippen molar-refractivity contribution in [3.05, 3.63) is 74.8 Å². The highest BCUT2D eigenvalue weighted by molar-refractivity contribution is 5.97. The molecule has 2 aliphatic rings. The molecule has 8 nitrogen and oxygen atoms in total. The first-order chi connectivity index (χ1) is 15.5. The average molecular weight is 432 g/mol. The minimum absolute atomic E-state index is 0.0187. The van der Waals surface area contributed by atoms with Crippen LogP contribution in [0.3, 0.4) is 0 Å². The smallest absolute Gasteiger partial charge is 0.343 e. The van der Waals surface area contributed by atoms with Crippen molar-refractivity contribution in [2.45, 2.75) is 32.1 Å². The second-order valence-electron chi connectivity index (χ2n) is 8.33. The normalized spacial score (nSPS) is 16.8. The first-order valence-corrected chi connectivity index (χ1v) is 10.8. The van der Waals surface area contributed by atoms with Crippen molar-refractivity contribution in [3.63, 3.8) is 0 Å². The quantitative estimate of drug-likeness (QED) is 0.642. The first kappa shape index (κ1) is 20.2. The molecule has 1 aliphatic heterocycles. The van der Waals surface area contributed by atoms with E-state index in [1.54, 1.807) is 11.8 Å². The van der Waals surface area contributed by atoms with Gasteiger partial charge in [0.2, 0.25) is 0 Å². The molecule has 1 aliphatic carbocycles. The van der Waals surface area contributed by atoms with E-state index >= 15 is 0 Å². The van der Waals surface area contributed by atoms with E-state index in [9.17, 15) is 14.4 Å². The number of hydrogen-bond acceptors (Lipinski definition) is 5. The Hall–Kier alpha value is -3.68. The van der Waals surface area contributed by atoms with Gasteiger partial charge in [0.05, 0.1) is 6.61 Å². The fourth-order valence-corrected chi connectivity index (χ4v) is 5.03. The number of benzene rings is 1. The molecule has 0 atom stereocenters. The number of aromatic nitrogens is 3. The lowest BCUT2D eigenvalue weighted by Crippen LogP contribution is -2.46. The van der Waals surface area contributed by atoms with E-state index in [1.165, 1.54) is 29.1 Å². The number of likely N-dealkylation sites (tertiary alicyclic amines) is 1. The van der Waals surface area contributed by atoms with Crippen LogP contribution in [-0.2, 0) is 10.2 Å². The number of piperidine rings is 1. The third-order valence-corrected chi connectivity index (χ3v) is 6.77. The maximum Gasteiger partial charge on any atom is 0.343 e. The van der Waals surface area contributed by atoms with Crippen LogP contribution in [0.2, 0.25) is 0 Å². The largest absolute Gasteiger partial charge is 0.462 e. The molecular weight excluding hydrogens is 408 g/mol. The second-order valence-corrected chi connectivity index (χ2v) is 8.33. The number of fused-ring (bicyclic) bond motifs is 3. The van der Waals surface area contributed by atoms with Gasteiger partial charge in [-0.25, -0.2) is 14.3 Å². The number of hydrogen-bond donors (Lipinski definition) is 1. The van der Waals surface area contributed by atoms with E-state index < -0.39 is 11.5 Å². The second kappa shape index (κ2) is 7.47. The van der Waals surface area contributed by atoms with Crippen molar-refractivity contribution in [1.82, 2.24) is 19.5 Å². The van der Waals surface area contributed by atoms with Gasteiger partial charge in [0.1, 0.15) is 11.1 Å². The van der Waals surface area contributed by atoms with E-state index in [-0.39, 0.29) is 34.7 Å². The standard InChI is InChI=1S/C24H24N4O4/c1-3-32-23(31)17-14-26-28-20(17)25-13-18(22(28)30)21(29)27-10-8-24(9-11-27)15(2)12-16-6-4-5-7-19(16)24/h4-7,12-14,26H,3,8-11H2,1-2H3. The fourth-order valence-electron chi connectivity index (χ4n) is 5.03. The molecule has 0 saturated carbocycles. The molecule has 8 heteroatoms. The first-order valence-electron chi connectivity index (χ1n) is 10.8. The zero-order valence-corrected chi connectivity index (χ0v) is 18.1. The topological polar surface area (TPSA) is 96.8 Å². The highest BCUT2D eigenvalue weighted by Crippen LogP contribution is 2.48. The highest BCUT2D eigenvalue weighted by Gasteiger charge is 2.42. The maximum atomic E-state index is 13.2. The van der Waals surface area contributed by atoms with Crippen LogP contribution in [0.1, 0.15) is 58.5 Å². The van der Waals surface area contributed by atoms with Gasteiger partial charge in [-0.3, -0.25) is 14.7 Å². The number of carbonyl (C=O) groups is 2. The molecule has 1 N–H and O–H groups in total. The number of esters is 1. The lowest BCUT2D eigenvalue weighted by Gasteiger charge is -2.41. The summed E-state index contributed by atoms with van der Waals surface area (Å²) in [4.78, 5) is 44.1. The summed E-state index contributed by atoms with van der Waals surface area (Å²) in [6.45, 7) is 5.19. The van der Waals surface area contributed by atoms with Gasteiger partial charge >= 0.3 is 5.97 Å². The van der Waals surface area contributed by atoms with Gasteiger partial charge in [0.25, 0.3) is 11.5 Å². The van der Waals surface area contributed by atoms with Gasteiger partial charge in [-0.1, -0.05) is 35.9 Å². The Morgan fingerprint density at radius 3 is 2.69 bits per heavy atom. The molecule has 1 saturated heterocycles.